The van der Waals surface area contributed by atoms with Crippen molar-refractivity contribution in [3.05, 3.63) is 44.8 Å². The van der Waals surface area contributed by atoms with Crippen LogP contribution in [0.25, 0.3) is 10.8 Å². The molecule has 0 saturated heterocycles. The van der Waals surface area contributed by atoms with E-state index in [-0.39, 0.29) is 11.0 Å². The Labute approximate surface area is 103 Å². The van der Waals surface area contributed by atoms with Crippen molar-refractivity contribution in [2.24, 2.45) is 0 Å². The fourth-order valence-electron chi connectivity index (χ4n) is 1.89. The van der Waals surface area contributed by atoms with Crippen molar-refractivity contribution in [3.63, 3.8) is 0 Å². The highest BCUT2D eigenvalue weighted by Gasteiger charge is 2.18. The van der Waals surface area contributed by atoms with E-state index in [4.69, 9.17) is 0 Å². The minimum Gasteiger partial charge on any atom is -0.328 e. The maximum atomic E-state index is 11.8. The molecule has 84 valence electrons. The normalized spacial score (nSPS) is 12.0. The van der Waals surface area contributed by atoms with Crippen LogP contribution in [0.4, 0.5) is 0 Å². The summed E-state index contributed by atoms with van der Waals surface area (Å²) in [5.41, 5.74) is 1.13. The van der Waals surface area contributed by atoms with E-state index in [1.165, 1.54) is 0 Å². The third-order valence-corrected chi connectivity index (χ3v) is 3.35. The monoisotopic (exact) mass is 279 g/mol. The summed E-state index contributed by atoms with van der Waals surface area (Å²) in [6.07, 6.45) is 1.82. The number of H-pyrrole nitrogens is 1. The molecule has 2 aromatic rings. The highest BCUT2D eigenvalue weighted by molar-refractivity contribution is 9.10. The van der Waals surface area contributed by atoms with Gasteiger partial charge in [0.1, 0.15) is 0 Å². The van der Waals surface area contributed by atoms with E-state index in [9.17, 15) is 4.79 Å². The smallest absolute Gasteiger partial charge is 0.256 e. The molecule has 1 aromatic carbocycles. The van der Waals surface area contributed by atoms with E-state index >= 15 is 0 Å². The Balaban J connectivity index is 2.96. The lowest BCUT2D eigenvalue weighted by Crippen LogP contribution is -2.16. The van der Waals surface area contributed by atoms with E-state index in [0.717, 1.165) is 20.8 Å². The minimum atomic E-state index is -0.0459. The molecule has 0 spiro atoms. The molecule has 0 unspecified atom stereocenters. The Morgan fingerprint density at radius 1 is 1.25 bits per heavy atom. The van der Waals surface area contributed by atoms with Crippen LogP contribution >= 0.6 is 15.9 Å². The van der Waals surface area contributed by atoms with Crippen LogP contribution in [-0.2, 0) is 5.41 Å². The van der Waals surface area contributed by atoms with Crippen LogP contribution in [0.3, 0.4) is 0 Å². The molecule has 0 saturated carbocycles. The van der Waals surface area contributed by atoms with Gasteiger partial charge in [-0.05, 0) is 38.4 Å². The number of pyridine rings is 1. The predicted octanol–water partition coefficient (Wildman–Crippen LogP) is 3.59. The standard InChI is InChI=1S/C13H14BrNO/c1-13(2,3)9-7-15-12(16)11-8(9)5-4-6-10(11)14/h4-7H,1-3H3,(H,15,16). The summed E-state index contributed by atoms with van der Waals surface area (Å²) in [6, 6.07) is 5.85. The maximum absolute atomic E-state index is 11.8. The summed E-state index contributed by atoms with van der Waals surface area (Å²) < 4.78 is 0.845. The third kappa shape index (κ3) is 1.80. The molecule has 2 rings (SSSR count). The molecule has 1 N–H and O–H groups in total. The Bertz CT molecular complexity index is 593. The molecule has 0 aliphatic heterocycles. The summed E-state index contributed by atoms with van der Waals surface area (Å²) in [7, 11) is 0. The van der Waals surface area contributed by atoms with Gasteiger partial charge in [0.15, 0.2) is 0 Å². The molecule has 2 nitrogen and oxygen atoms in total. The highest BCUT2D eigenvalue weighted by Crippen LogP contribution is 2.30. The number of hydrogen-bond donors (Lipinski definition) is 1. The first-order valence-electron chi connectivity index (χ1n) is 5.21. The van der Waals surface area contributed by atoms with E-state index in [1.54, 1.807) is 0 Å². The number of benzene rings is 1. The number of rotatable bonds is 0. The molecule has 0 aliphatic rings. The van der Waals surface area contributed by atoms with Crippen LogP contribution in [-0.4, -0.2) is 4.98 Å². The molecule has 16 heavy (non-hydrogen) atoms. The average Bonchev–Trinajstić information content (AvgIpc) is 2.16. The zero-order valence-electron chi connectivity index (χ0n) is 9.60. The van der Waals surface area contributed by atoms with Crippen molar-refractivity contribution in [2.45, 2.75) is 26.2 Å². The fourth-order valence-corrected chi connectivity index (χ4v) is 2.43. The van der Waals surface area contributed by atoms with Crippen molar-refractivity contribution < 1.29 is 0 Å². The Hall–Kier alpha value is -1.09. The van der Waals surface area contributed by atoms with Gasteiger partial charge in [-0.25, -0.2) is 0 Å². The molecule has 0 amide bonds. The van der Waals surface area contributed by atoms with Crippen molar-refractivity contribution in [3.8, 4) is 0 Å². The molecule has 1 aromatic heterocycles. The number of nitrogens with one attached hydrogen (secondary N) is 1. The van der Waals surface area contributed by atoms with Crippen molar-refractivity contribution in [1.29, 1.82) is 0 Å². The van der Waals surface area contributed by atoms with Gasteiger partial charge in [-0.1, -0.05) is 32.9 Å². The molecule has 0 atom stereocenters. The summed E-state index contributed by atoms with van der Waals surface area (Å²) in [6.45, 7) is 6.42. The summed E-state index contributed by atoms with van der Waals surface area (Å²) in [5, 5.41) is 1.75. The van der Waals surface area contributed by atoms with Crippen LogP contribution in [0.15, 0.2) is 33.7 Å². The SMILES string of the molecule is CC(C)(C)c1c[nH]c(=O)c2c(Br)cccc12. The number of fused-ring (bicyclic) bond motifs is 1. The second-order valence-corrected chi connectivity index (χ2v) is 5.80. The lowest BCUT2D eigenvalue weighted by Gasteiger charge is -2.20. The fraction of sp³-hybridized carbons (Fsp3) is 0.308. The largest absolute Gasteiger partial charge is 0.328 e. The first-order valence-corrected chi connectivity index (χ1v) is 6.01. The van der Waals surface area contributed by atoms with Crippen LogP contribution in [0, 0.1) is 0 Å². The highest BCUT2D eigenvalue weighted by atomic mass is 79.9. The zero-order valence-corrected chi connectivity index (χ0v) is 11.2. The van der Waals surface area contributed by atoms with Crippen LogP contribution in [0.1, 0.15) is 26.3 Å². The molecule has 0 radical (unpaired) electrons. The van der Waals surface area contributed by atoms with Crippen molar-refractivity contribution in [2.75, 3.05) is 0 Å². The molecular weight excluding hydrogens is 266 g/mol. The van der Waals surface area contributed by atoms with Crippen LogP contribution < -0.4 is 5.56 Å². The average molecular weight is 280 g/mol. The molecule has 3 heteroatoms. The maximum Gasteiger partial charge on any atom is 0.256 e. The van der Waals surface area contributed by atoms with Crippen LogP contribution in [0.2, 0.25) is 0 Å². The second-order valence-electron chi connectivity index (χ2n) is 4.94. The number of aromatic amines is 1. The number of hydrogen-bond acceptors (Lipinski definition) is 1. The van der Waals surface area contributed by atoms with Crippen molar-refractivity contribution in [1.82, 2.24) is 4.98 Å². The number of aromatic nitrogens is 1. The summed E-state index contributed by atoms with van der Waals surface area (Å²) >= 11 is 3.43. The van der Waals surface area contributed by atoms with Gasteiger partial charge in [-0.2, -0.15) is 0 Å². The van der Waals surface area contributed by atoms with Gasteiger partial charge in [0.25, 0.3) is 5.56 Å². The van der Waals surface area contributed by atoms with Gasteiger partial charge in [-0.15, -0.1) is 0 Å². The molecular formula is C13H14BrNO. The van der Waals surface area contributed by atoms with E-state index in [0.29, 0.717) is 0 Å². The first-order chi connectivity index (χ1) is 7.41. The zero-order chi connectivity index (χ0) is 11.9. The Morgan fingerprint density at radius 3 is 2.56 bits per heavy atom. The summed E-state index contributed by atoms with van der Waals surface area (Å²) in [5.74, 6) is 0. The van der Waals surface area contributed by atoms with Gasteiger partial charge in [0.05, 0.1) is 5.39 Å². The molecule has 0 aliphatic carbocycles. The van der Waals surface area contributed by atoms with E-state index in [2.05, 4.69) is 41.7 Å². The van der Waals surface area contributed by atoms with Gasteiger partial charge in [0.2, 0.25) is 0 Å². The van der Waals surface area contributed by atoms with Crippen molar-refractivity contribution >= 4 is 26.7 Å². The molecule has 0 fully saturated rings. The van der Waals surface area contributed by atoms with Gasteiger partial charge in [-0.3, -0.25) is 4.79 Å². The van der Waals surface area contributed by atoms with Crippen LogP contribution in [0.5, 0.6) is 0 Å². The predicted molar refractivity (Wildman–Crippen MR) is 71.0 cm³/mol. The lowest BCUT2D eigenvalue weighted by molar-refractivity contribution is 0.593. The van der Waals surface area contributed by atoms with E-state index < -0.39 is 0 Å². The summed E-state index contributed by atoms with van der Waals surface area (Å²) in [4.78, 5) is 14.6. The van der Waals surface area contributed by atoms with Gasteiger partial charge >= 0.3 is 0 Å². The third-order valence-electron chi connectivity index (χ3n) is 2.69. The molecule has 0 bridgehead atoms. The minimum absolute atomic E-state index is 0.0171. The Kier molecular flexibility index (Phi) is 2.66. The number of halogens is 1. The topological polar surface area (TPSA) is 32.9 Å². The van der Waals surface area contributed by atoms with Gasteiger partial charge < -0.3 is 4.98 Å². The second kappa shape index (κ2) is 3.74. The first kappa shape index (κ1) is 11.4. The molecule has 1 heterocycles. The quantitative estimate of drug-likeness (QED) is 0.786. The Morgan fingerprint density at radius 2 is 1.94 bits per heavy atom. The van der Waals surface area contributed by atoms with E-state index in [1.807, 2.05) is 24.4 Å². The lowest BCUT2D eigenvalue weighted by atomic mass is 9.85. The van der Waals surface area contributed by atoms with Gasteiger partial charge in [0, 0.05) is 10.7 Å².